The van der Waals surface area contributed by atoms with Crippen LogP contribution in [0.25, 0.3) is 0 Å². The van der Waals surface area contributed by atoms with Gasteiger partial charge in [0.15, 0.2) is 14.9 Å². The average Bonchev–Trinajstić information content (AvgIpc) is 2.73. The van der Waals surface area contributed by atoms with Crippen LogP contribution < -0.4 is 10.2 Å². The van der Waals surface area contributed by atoms with Gasteiger partial charge in [-0.25, -0.2) is 12.8 Å². The lowest BCUT2D eigenvalue weighted by Crippen LogP contribution is -2.36. The van der Waals surface area contributed by atoms with Gasteiger partial charge < -0.3 is 10.2 Å². The molecule has 0 spiro atoms. The number of hydrogen-bond donors (Lipinski definition) is 1. The van der Waals surface area contributed by atoms with Gasteiger partial charge in [-0.1, -0.05) is 11.6 Å². The summed E-state index contributed by atoms with van der Waals surface area (Å²) < 4.78 is 36.5. The minimum atomic E-state index is -3.06. The van der Waals surface area contributed by atoms with E-state index in [2.05, 4.69) is 5.32 Å². The predicted molar refractivity (Wildman–Crippen MR) is 75.9 cm³/mol. The first-order valence-electron chi connectivity index (χ1n) is 5.62. The first-order chi connectivity index (χ1) is 8.87. The summed E-state index contributed by atoms with van der Waals surface area (Å²) in [6, 6.07) is 3.79. The molecule has 19 heavy (non-hydrogen) atoms. The number of benzene rings is 1. The van der Waals surface area contributed by atoms with Crippen LogP contribution in [0.1, 0.15) is 0 Å². The first-order valence-corrected chi connectivity index (χ1v) is 8.23. The Morgan fingerprint density at radius 2 is 2.16 bits per heavy atom. The Balaban J connectivity index is 1.99. The number of thiocarbonyl (C=S) groups is 1. The molecule has 2 aliphatic heterocycles. The van der Waals surface area contributed by atoms with Crippen molar-refractivity contribution in [3.05, 3.63) is 29.0 Å². The van der Waals surface area contributed by atoms with Gasteiger partial charge in [0, 0.05) is 5.69 Å². The van der Waals surface area contributed by atoms with E-state index in [1.54, 1.807) is 11.0 Å². The fourth-order valence-corrected chi connectivity index (χ4v) is 5.00. The molecular weight excluding hydrogens is 311 g/mol. The highest BCUT2D eigenvalue weighted by Gasteiger charge is 2.47. The lowest BCUT2D eigenvalue weighted by molar-refractivity contribution is 0.600. The van der Waals surface area contributed by atoms with Crippen LogP contribution in [0.3, 0.4) is 0 Å². The third-order valence-corrected chi connectivity index (χ3v) is 5.68. The molecular formula is C11H10ClFN2O2S2. The average molecular weight is 321 g/mol. The van der Waals surface area contributed by atoms with Gasteiger partial charge in [-0.3, -0.25) is 0 Å². The third-order valence-electron chi connectivity index (χ3n) is 3.36. The fraction of sp³-hybridized carbons (Fsp3) is 0.364. The summed E-state index contributed by atoms with van der Waals surface area (Å²) >= 11 is 11.0. The van der Waals surface area contributed by atoms with Gasteiger partial charge in [0.1, 0.15) is 5.82 Å². The van der Waals surface area contributed by atoms with Crippen molar-refractivity contribution in [2.24, 2.45) is 0 Å². The zero-order chi connectivity index (χ0) is 13.8. The van der Waals surface area contributed by atoms with Crippen molar-refractivity contribution in [3.63, 3.8) is 0 Å². The molecule has 2 fully saturated rings. The van der Waals surface area contributed by atoms with Gasteiger partial charge in [0.05, 0.1) is 28.6 Å². The number of sulfone groups is 1. The highest BCUT2D eigenvalue weighted by Crippen LogP contribution is 2.31. The molecule has 1 aromatic carbocycles. The zero-order valence-corrected chi connectivity index (χ0v) is 12.0. The van der Waals surface area contributed by atoms with E-state index in [1.165, 1.54) is 12.1 Å². The summed E-state index contributed by atoms with van der Waals surface area (Å²) in [5.74, 6) is -0.401. The molecule has 0 radical (unpaired) electrons. The topological polar surface area (TPSA) is 49.4 Å². The van der Waals surface area contributed by atoms with E-state index in [0.29, 0.717) is 10.8 Å². The maximum Gasteiger partial charge on any atom is 0.174 e. The Morgan fingerprint density at radius 1 is 1.42 bits per heavy atom. The first kappa shape index (κ1) is 13.1. The Morgan fingerprint density at radius 3 is 2.84 bits per heavy atom. The van der Waals surface area contributed by atoms with Gasteiger partial charge >= 0.3 is 0 Å². The second-order valence-corrected chi connectivity index (χ2v) is 7.62. The summed E-state index contributed by atoms with van der Waals surface area (Å²) in [5, 5.41) is 3.44. The second kappa shape index (κ2) is 4.29. The molecule has 1 aromatic rings. The van der Waals surface area contributed by atoms with Crippen LogP contribution in [-0.2, 0) is 9.84 Å². The number of halogens is 2. The highest BCUT2D eigenvalue weighted by molar-refractivity contribution is 7.91. The normalized spacial score (nSPS) is 28.3. The molecule has 0 aliphatic carbocycles. The van der Waals surface area contributed by atoms with E-state index in [4.69, 9.17) is 23.8 Å². The van der Waals surface area contributed by atoms with E-state index in [-0.39, 0.29) is 28.6 Å². The van der Waals surface area contributed by atoms with E-state index in [0.717, 1.165) is 0 Å². The molecule has 8 heteroatoms. The molecule has 0 unspecified atom stereocenters. The minimum Gasteiger partial charge on any atom is -0.356 e. The van der Waals surface area contributed by atoms with E-state index >= 15 is 0 Å². The van der Waals surface area contributed by atoms with Crippen molar-refractivity contribution in [1.29, 1.82) is 0 Å². The van der Waals surface area contributed by atoms with Crippen LogP contribution in [0.4, 0.5) is 10.1 Å². The third kappa shape index (κ3) is 2.19. The van der Waals surface area contributed by atoms with Crippen molar-refractivity contribution in [3.8, 4) is 0 Å². The van der Waals surface area contributed by atoms with Crippen molar-refractivity contribution >= 4 is 44.5 Å². The van der Waals surface area contributed by atoms with Crippen LogP contribution in [-0.4, -0.2) is 37.1 Å². The Bertz CT molecular complexity index is 665. The van der Waals surface area contributed by atoms with Gasteiger partial charge in [-0.2, -0.15) is 0 Å². The van der Waals surface area contributed by atoms with Crippen molar-refractivity contribution in [2.75, 3.05) is 16.4 Å². The minimum absolute atomic E-state index is 0.00963. The largest absolute Gasteiger partial charge is 0.356 e. The van der Waals surface area contributed by atoms with Gasteiger partial charge in [-0.15, -0.1) is 0 Å². The predicted octanol–water partition coefficient (Wildman–Crippen LogP) is 1.34. The van der Waals surface area contributed by atoms with Crippen LogP contribution in [0, 0.1) is 5.82 Å². The van der Waals surface area contributed by atoms with Gasteiger partial charge in [0.25, 0.3) is 0 Å². The lowest BCUT2D eigenvalue weighted by atomic mass is 10.1. The second-order valence-electron chi connectivity index (χ2n) is 4.67. The van der Waals surface area contributed by atoms with Crippen LogP contribution in [0.15, 0.2) is 18.2 Å². The summed E-state index contributed by atoms with van der Waals surface area (Å²) in [6.45, 7) is 0. The van der Waals surface area contributed by atoms with Gasteiger partial charge in [-0.05, 0) is 30.4 Å². The zero-order valence-electron chi connectivity index (χ0n) is 9.64. The molecule has 2 heterocycles. The monoisotopic (exact) mass is 320 g/mol. The van der Waals surface area contributed by atoms with E-state index < -0.39 is 15.7 Å². The standard InChI is InChI=1S/C11H10ClFN2O2S2/c12-7-3-6(1-2-8(7)13)15-10-5-19(16,17)4-9(10)14-11(15)18/h1-3,9-10H,4-5H2,(H,14,18)/t9-,10-/m1/s1. The van der Waals surface area contributed by atoms with E-state index in [9.17, 15) is 12.8 Å². The molecule has 2 aliphatic rings. The summed E-state index contributed by atoms with van der Waals surface area (Å²) in [4.78, 5) is 1.70. The number of nitrogens with zero attached hydrogens (tertiary/aromatic N) is 1. The smallest absolute Gasteiger partial charge is 0.174 e. The van der Waals surface area contributed by atoms with E-state index in [1.807, 2.05) is 0 Å². The summed E-state index contributed by atoms with van der Waals surface area (Å²) in [7, 11) is -3.06. The van der Waals surface area contributed by atoms with Crippen LogP contribution in [0.2, 0.25) is 5.02 Å². The van der Waals surface area contributed by atoms with Gasteiger partial charge in [0.2, 0.25) is 0 Å². The molecule has 0 saturated carbocycles. The highest BCUT2D eigenvalue weighted by atomic mass is 35.5. The molecule has 3 rings (SSSR count). The molecule has 1 N–H and O–H groups in total. The summed E-state index contributed by atoms with van der Waals surface area (Å²) in [6.07, 6.45) is 0. The van der Waals surface area contributed by atoms with Crippen molar-refractivity contribution in [1.82, 2.24) is 5.32 Å². The number of nitrogens with one attached hydrogen (secondary N) is 1. The maximum absolute atomic E-state index is 13.2. The Kier molecular flexibility index (Phi) is 2.95. The van der Waals surface area contributed by atoms with Crippen LogP contribution in [0.5, 0.6) is 0 Å². The molecule has 102 valence electrons. The molecule has 2 atom stereocenters. The SMILES string of the molecule is O=S1(=O)C[C@@H]2[C@@H](C1)NC(=S)N2c1ccc(F)c(Cl)c1. The number of hydrogen-bond acceptors (Lipinski definition) is 3. The molecule has 4 nitrogen and oxygen atoms in total. The number of rotatable bonds is 1. The number of anilines is 1. The maximum atomic E-state index is 13.2. The molecule has 0 bridgehead atoms. The lowest BCUT2D eigenvalue weighted by Gasteiger charge is -2.23. The number of fused-ring (bicyclic) bond motifs is 1. The quantitative estimate of drug-likeness (QED) is 0.791. The fourth-order valence-electron chi connectivity index (χ4n) is 2.54. The Labute approximate surface area is 120 Å². The Hall–Kier alpha value is -0.920. The molecule has 0 aromatic heterocycles. The summed E-state index contributed by atoms with van der Waals surface area (Å²) in [5.41, 5.74) is 0.605. The van der Waals surface area contributed by atoms with Crippen molar-refractivity contribution in [2.45, 2.75) is 12.1 Å². The molecule has 2 saturated heterocycles. The van der Waals surface area contributed by atoms with Crippen LogP contribution >= 0.6 is 23.8 Å². The van der Waals surface area contributed by atoms with Crippen molar-refractivity contribution < 1.29 is 12.8 Å². The molecule has 0 amide bonds.